The summed E-state index contributed by atoms with van der Waals surface area (Å²) in [5.41, 5.74) is 7.82. The monoisotopic (exact) mass is 1570 g/mol. The Balaban J connectivity index is 0.000000151. The van der Waals surface area contributed by atoms with E-state index in [9.17, 15) is 44.7 Å². The van der Waals surface area contributed by atoms with Gasteiger partial charge in [0.1, 0.15) is 5.78 Å². The second-order valence-electron chi connectivity index (χ2n) is 29.8. The molecule has 5 N–H and O–H groups in total. The van der Waals surface area contributed by atoms with Crippen molar-refractivity contribution in [3.8, 4) is 0 Å². The van der Waals surface area contributed by atoms with Crippen molar-refractivity contribution >= 4 is 23.1 Å². The molecule has 0 amide bonds. The van der Waals surface area contributed by atoms with Gasteiger partial charge in [-0.2, -0.15) is 0 Å². The van der Waals surface area contributed by atoms with Crippen molar-refractivity contribution in [3.05, 3.63) is 70.4 Å². The van der Waals surface area contributed by atoms with E-state index in [4.69, 9.17) is 0 Å². The number of ketones is 4. The maximum Gasteiger partial charge on any atom is 0.155 e. The Morgan fingerprint density at radius 2 is 1.02 bits per heavy atom. The first-order valence-corrected chi connectivity index (χ1v) is 32.8. The summed E-state index contributed by atoms with van der Waals surface area (Å²) in [6.07, 6.45) is 49.8. The predicted octanol–water partition coefficient (Wildman–Crippen LogP) is 14.5. The van der Waals surface area contributed by atoms with Crippen LogP contribution in [0.5, 0.6) is 0 Å². The third-order valence-corrected chi connectivity index (χ3v) is 25.7. The second-order valence-corrected chi connectivity index (χ2v) is 29.8. The Kier molecular flexibility index (Phi) is 24.5. The van der Waals surface area contributed by atoms with Crippen LogP contribution in [0, 0.1) is 162 Å². The number of hydrogen-bond donors (Lipinski definition) is 5. The van der Waals surface area contributed by atoms with Crippen LogP contribution in [0.3, 0.4) is 0 Å². The molecule has 0 bridgehead atoms. The Bertz CT molecular complexity index is 2490. The molecular weight excluding hydrogens is 1460 g/mol. The fourth-order valence-electron chi connectivity index (χ4n) is 20.4. The number of aliphatic hydroxyl groups is 5. The molecule has 14 aliphatic carbocycles. The molecule has 14 aliphatic rings. The van der Waals surface area contributed by atoms with Gasteiger partial charge < -0.3 is 25.5 Å². The molecule has 456 valence electrons. The fourth-order valence-corrected chi connectivity index (χ4v) is 20.4. The SMILES string of the molecule is C.C[C@@]12C=CCC1C1CCC3=CC(=O)CCC3(CO)C1CC2.C[C@@]12CCCC=C1CC(O)CC2.C[C@]12CCC(O)CC1=CCC1C2CC[C@]2(C)C(=O)CCC12.O=C1C=C2CCCCC2(CO)CC1.O=C1C=C2CCCCC2(CO)CC1.[Ac].[Ac]. The molecular formula is C72H108Ac2O9. The van der Waals surface area contributed by atoms with Gasteiger partial charge in [-0.05, 0) is 243 Å². The first-order chi connectivity index (χ1) is 38.3. The Morgan fingerprint density at radius 3 is 1.65 bits per heavy atom. The van der Waals surface area contributed by atoms with Gasteiger partial charge in [0, 0.05) is 135 Å². The number of Topliss-reactive ketones (excluding diaryl/α,β-unsaturated/α-hetero) is 1. The van der Waals surface area contributed by atoms with Crippen molar-refractivity contribution in [3.63, 3.8) is 0 Å². The van der Waals surface area contributed by atoms with Crippen LogP contribution in [0.1, 0.15) is 247 Å². The molecule has 8 saturated carbocycles. The van der Waals surface area contributed by atoms with Crippen molar-refractivity contribution in [2.75, 3.05) is 19.8 Å². The maximum atomic E-state index is 12.4. The zero-order valence-corrected chi connectivity index (χ0v) is 60.6. The quantitative estimate of drug-likeness (QED) is 0.173. The third-order valence-electron chi connectivity index (χ3n) is 25.7. The first-order valence-electron chi connectivity index (χ1n) is 32.8. The number of carbonyl (C=O) groups is 4. The molecule has 0 heterocycles. The van der Waals surface area contributed by atoms with Crippen molar-refractivity contribution in [2.24, 2.45) is 73.4 Å². The minimum Gasteiger partial charge on any atom is -0.395 e. The van der Waals surface area contributed by atoms with E-state index in [-0.39, 0.29) is 167 Å². The van der Waals surface area contributed by atoms with E-state index < -0.39 is 0 Å². The van der Waals surface area contributed by atoms with E-state index in [1.807, 2.05) is 6.08 Å². The van der Waals surface area contributed by atoms with E-state index in [1.54, 1.807) is 12.2 Å². The molecule has 2 radical (unpaired) electrons. The number of fused-ring (bicyclic) bond motifs is 13. The van der Waals surface area contributed by atoms with Crippen LogP contribution in [-0.4, -0.2) is 80.7 Å². The number of rotatable bonds is 3. The zero-order valence-electron chi connectivity index (χ0n) is 51.1. The van der Waals surface area contributed by atoms with Crippen molar-refractivity contribution < 1.29 is 133 Å². The smallest absolute Gasteiger partial charge is 0.155 e. The Morgan fingerprint density at radius 1 is 0.458 bits per heavy atom. The molecule has 0 saturated heterocycles. The summed E-state index contributed by atoms with van der Waals surface area (Å²) in [6.45, 7) is 10.2. The largest absolute Gasteiger partial charge is 0.395 e. The average Bonchev–Trinajstić information content (AvgIpc) is 2.48. The normalized spacial score (nSPS) is 42.3. The van der Waals surface area contributed by atoms with Crippen LogP contribution < -0.4 is 0 Å². The van der Waals surface area contributed by atoms with Gasteiger partial charge in [0.05, 0.1) is 32.0 Å². The van der Waals surface area contributed by atoms with E-state index >= 15 is 0 Å². The zero-order chi connectivity index (χ0) is 56.7. The first kappa shape index (κ1) is 70.3. The predicted molar refractivity (Wildman–Crippen MR) is 323 cm³/mol. The summed E-state index contributed by atoms with van der Waals surface area (Å²) >= 11 is 0. The summed E-state index contributed by atoms with van der Waals surface area (Å²) in [4.78, 5) is 46.6. The summed E-state index contributed by atoms with van der Waals surface area (Å²) < 4.78 is 0. The third kappa shape index (κ3) is 14.0. The Hall–Kier alpha value is -0.197. The van der Waals surface area contributed by atoms with Gasteiger partial charge in [0.25, 0.3) is 0 Å². The van der Waals surface area contributed by atoms with Crippen molar-refractivity contribution in [1.82, 2.24) is 0 Å². The summed E-state index contributed by atoms with van der Waals surface area (Å²) in [5.74, 6) is 5.46. The van der Waals surface area contributed by atoms with E-state index in [2.05, 4.69) is 52.0 Å². The maximum absolute atomic E-state index is 12.4. The van der Waals surface area contributed by atoms with Crippen LogP contribution in [0.4, 0.5) is 0 Å². The molecule has 14 rings (SSSR count). The number of allylic oxidation sites excluding steroid dienone is 7. The van der Waals surface area contributed by atoms with Crippen LogP contribution >= 0.6 is 0 Å². The second kappa shape index (κ2) is 29.0. The molecule has 0 aromatic rings. The van der Waals surface area contributed by atoms with Crippen molar-refractivity contribution in [1.29, 1.82) is 0 Å². The molecule has 11 heteroatoms. The van der Waals surface area contributed by atoms with Gasteiger partial charge in [-0.1, -0.05) is 100 Å². The van der Waals surface area contributed by atoms with E-state index in [1.165, 1.54) is 111 Å². The van der Waals surface area contributed by atoms with Gasteiger partial charge in [-0.25, -0.2) is 0 Å². The van der Waals surface area contributed by atoms with E-state index in [0.29, 0.717) is 59.0 Å². The molecule has 0 aliphatic heterocycles. The molecule has 9 nitrogen and oxygen atoms in total. The molecule has 0 aromatic heterocycles. The molecule has 0 spiro atoms. The summed E-state index contributed by atoms with van der Waals surface area (Å²) in [6, 6.07) is 0. The minimum atomic E-state index is -0.122. The molecule has 0 aromatic carbocycles. The molecule has 15 atom stereocenters. The van der Waals surface area contributed by atoms with Crippen LogP contribution in [0.2, 0.25) is 0 Å². The van der Waals surface area contributed by atoms with Gasteiger partial charge in [-0.3, -0.25) is 19.2 Å². The Labute approximate surface area is 572 Å². The number of carbonyl (C=O) groups excluding carboxylic acids is 4. The fraction of sp³-hybridized carbons (Fsp3) is 0.778. The molecule has 83 heavy (non-hydrogen) atoms. The van der Waals surface area contributed by atoms with Gasteiger partial charge in [0.15, 0.2) is 17.3 Å². The minimum absolute atomic E-state index is 0. The number of aliphatic hydroxyl groups excluding tert-OH is 5. The topological polar surface area (TPSA) is 169 Å². The van der Waals surface area contributed by atoms with Gasteiger partial charge in [-0.15, -0.1) is 0 Å². The number of hydrogen-bond acceptors (Lipinski definition) is 9. The molecule has 8 fully saturated rings. The standard InChI is InChI=1S/C19H28O2.C19H26O2.2C11H16O2.C11H18O.CH4.2Ac/c1-18-9-7-13(20)11-12(18)3-4-14-15-5-6-17(21)19(15,2)10-8-16(14)18;1-18-8-2-3-16(18)15-5-4-13-11-14(21)6-10-19(13,12-20)17(15)7-9-18;2*12-8-11-5-2-1-3-9(11)7-10(13)4-6-11;1-11-6-3-2-4-9(11)8-10(12)5-7-11;;;/h3,13-16,20H,4-11H2,1-2H3;2,8,11,15-17,20H,3-7,9-10,12H2,1H3;2*7,12H,1-6,8H2;4,10,12H,2-3,5-8H2,1H3;1H4;;/t13?,14?,15?,16?,18-,19-;15?,16?,17?,18-,19?;;;10?,11-;;;/m00..0.../s1. The average molecular weight is 1570 g/mol. The summed E-state index contributed by atoms with van der Waals surface area (Å²) in [7, 11) is 0. The molecule has 11 unspecified atom stereocenters. The van der Waals surface area contributed by atoms with Crippen LogP contribution in [-0.2, 0) is 19.2 Å². The van der Waals surface area contributed by atoms with E-state index in [0.717, 1.165) is 127 Å². The van der Waals surface area contributed by atoms with Crippen LogP contribution in [0.25, 0.3) is 0 Å². The van der Waals surface area contributed by atoms with Crippen LogP contribution in [0.15, 0.2) is 70.4 Å². The van der Waals surface area contributed by atoms with Crippen molar-refractivity contribution in [2.45, 2.75) is 259 Å². The summed E-state index contributed by atoms with van der Waals surface area (Å²) in [5, 5.41) is 48.6. The van der Waals surface area contributed by atoms with Gasteiger partial charge in [0.2, 0.25) is 0 Å². The van der Waals surface area contributed by atoms with Gasteiger partial charge >= 0.3 is 0 Å².